The van der Waals surface area contributed by atoms with Crippen molar-refractivity contribution in [2.24, 2.45) is 0 Å². The molecule has 0 atom stereocenters. The Kier molecular flexibility index (Phi) is 5.69. The summed E-state index contributed by atoms with van der Waals surface area (Å²) in [5.41, 5.74) is 2.33. The molecular formula is C17H24N4. The van der Waals surface area contributed by atoms with E-state index in [1.54, 1.807) is 0 Å². The van der Waals surface area contributed by atoms with Crippen molar-refractivity contribution < 1.29 is 0 Å². The van der Waals surface area contributed by atoms with Gasteiger partial charge in [-0.15, -0.1) is 0 Å². The molecule has 0 amide bonds. The molecule has 0 bridgehead atoms. The fourth-order valence-electron chi connectivity index (χ4n) is 2.11. The van der Waals surface area contributed by atoms with Crippen molar-refractivity contribution >= 4 is 5.82 Å². The summed E-state index contributed by atoms with van der Waals surface area (Å²) in [7, 11) is 0. The third kappa shape index (κ3) is 4.83. The summed E-state index contributed by atoms with van der Waals surface area (Å²) in [6.07, 6.45) is 3.67. The number of nitrogens with one attached hydrogen (secondary N) is 1. The van der Waals surface area contributed by atoms with Gasteiger partial charge in [0.05, 0.1) is 5.69 Å². The van der Waals surface area contributed by atoms with Crippen LogP contribution >= 0.6 is 0 Å². The van der Waals surface area contributed by atoms with Crippen LogP contribution in [0.2, 0.25) is 0 Å². The molecule has 2 aromatic heterocycles. The van der Waals surface area contributed by atoms with Crippen molar-refractivity contribution in [2.45, 2.75) is 39.9 Å². The second kappa shape index (κ2) is 7.74. The topological polar surface area (TPSA) is 41.1 Å². The lowest BCUT2D eigenvalue weighted by Crippen LogP contribution is -2.25. The van der Waals surface area contributed by atoms with Crippen LogP contribution in [0.4, 0.5) is 5.82 Å². The summed E-state index contributed by atoms with van der Waals surface area (Å²) in [4.78, 5) is 11.1. The molecule has 0 aromatic carbocycles. The van der Waals surface area contributed by atoms with Gasteiger partial charge in [0.25, 0.3) is 0 Å². The fraction of sp³-hybridized carbons (Fsp3) is 0.412. The van der Waals surface area contributed by atoms with Gasteiger partial charge in [0.1, 0.15) is 5.82 Å². The van der Waals surface area contributed by atoms with Gasteiger partial charge in [-0.25, -0.2) is 4.98 Å². The van der Waals surface area contributed by atoms with Crippen LogP contribution in [-0.4, -0.2) is 22.6 Å². The lowest BCUT2D eigenvalue weighted by Gasteiger charge is -2.22. The minimum Gasteiger partial charge on any atom is -0.353 e. The third-order valence-electron chi connectivity index (χ3n) is 3.31. The number of rotatable bonds is 7. The molecule has 0 spiro atoms. The highest BCUT2D eigenvalue weighted by molar-refractivity contribution is 5.40. The van der Waals surface area contributed by atoms with E-state index >= 15 is 0 Å². The third-order valence-corrected chi connectivity index (χ3v) is 3.31. The molecule has 0 aliphatic carbocycles. The number of anilines is 1. The summed E-state index contributed by atoms with van der Waals surface area (Å²) in [6.45, 7) is 9.03. The highest BCUT2D eigenvalue weighted by Crippen LogP contribution is 2.14. The highest BCUT2D eigenvalue weighted by Gasteiger charge is 2.07. The molecule has 1 N–H and O–H groups in total. The molecule has 4 nitrogen and oxygen atoms in total. The van der Waals surface area contributed by atoms with Crippen LogP contribution in [0.25, 0.3) is 0 Å². The van der Waals surface area contributed by atoms with Crippen LogP contribution in [0.1, 0.15) is 32.0 Å². The van der Waals surface area contributed by atoms with Crippen LogP contribution in [0, 0.1) is 0 Å². The largest absolute Gasteiger partial charge is 0.353 e. The van der Waals surface area contributed by atoms with Gasteiger partial charge in [-0.1, -0.05) is 19.9 Å². The molecule has 0 fully saturated rings. The minimum absolute atomic E-state index is 0.467. The summed E-state index contributed by atoms with van der Waals surface area (Å²) in [5, 5.41) is 3.41. The van der Waals surface area contributed by atoms with Crippen molar-refractivity contribution in [2.75, 3.05) is 11.4 Å². The van der Waals surface area contributed by atoms with E-state index in [-0.39, 0.29) is 0 Å². The summed E-state index contributed by atoms with van der Waals surface area (Å²) < 4.78 is 0. The van der Waals surface area contributed by atoms with E-state index in [1.165, 1.54) is 5.56 Å². The van der Waals surface area contributed by atoms with Crippen molar-refractivity contribution in [3.05, 3.63) is 54.0 Å². The molecule has 112 valence electrons. The molecule has 0 aliphatic rings. The number of nitrogens with zero attached hydrogens (tertiary/aromatic N) is 3. The van der Waals surface area contributed by atoms with Gasteiger partial charge in [0, 0.05) is 38.1 Å². The SMILES string of the molecule is CCN(Cc1ccncc1)c1cccc(CNC(C)C)n1. The Morgan fingerprint density at radius 2 is 1.90 bits per heavy atom. The van der Waals surface area contributed by atoms with Crippen molar-refractivity contribution in [1.29, 1.82) is 0 Å². The second-order valence-corrected chi connectivity index (χ2v) is 5.39. The molecule has 0 unspecified atom stereocenters. The molecule has 2 rings (SSSR count). The lowest BCUT2D eigenvalue weighted by atomic mass is 10.2. The molecule has 0 aliphatic heterocycles. The van der Waals surface area contributed by atoms with E-state index < -0.39 is 0 Å². The summed E-state index contributed by atoms with van der Waals surface area (Å²) >= 11 is 0. The Morgan fingerprint density at radius 3 is 2.57 bits per heavy atom. The Hall–Kier alpha value is -1.94. The monoisotopic (exact) mass is 284 g/mol. The maximum Gasteiger partial charge on any atom is 0.129 e. The van der Waals surface area contributed by atoms with Crippen LogP contribution in [0.15, 0.2) is 42.7 Å². The Morgan fingerprint density at radius 1 is 1.14 bits per heavy atom. The van der Waals surface area contributed by atoms with Gasteiger partial charge in [-0.2, -0.15) is 0 Å². The first kappa shape index (κ1) is 15.4. The van der Waals surface area contributed by atoms with E-state index in [9.17, 15) is 0 Å². The van der Waals surface area contributed by atoms with E-state index in [2.05, 4.69) is 54.2 Å². The van der Waals surface area contributed by atoms with Crippen molar-refractivity contribution in [3.63, 3.8) is 0 Å². The second-order valence-electron chi connectivity index (χ2n) is 5.39. The number of pyridine rings is 2. The van der Waals surface area contributed by atoms with E-state index in [0.29, 0.717) is 6.04 Å². The first-order valence-corrected chi connectivity index (χ1v) is 7.52. The number of hydrogen-bond donors (Lipinski definition) is 1. The van der Waals surface area contributed by atoms with E-state index in [4.69, 9.17) is 4.98 Å². The lowest BCUT2D eigenvalue weighted by molar-refractivity contribution is 0.581. The average molecular weight is 284 g/mol. The van der Waals surface area contributed by atoms with Crippen LogP contribution in [0.5, 0.6) is 0 Å². The van der Waals surface area contributed by atoms with Gasteiger partial charge in [0.15, 0.2) is 0 Å². The summed E-state index contributed by atoms with van der Waals surface area (Å²) in [5.74, 6) is 1.03. The Bertz CT molecular complexity index is 539. The average Bonchev–Trinajstić information content (AvgIpc) is 2.52. The van der Waals surface area contributed by atoms with Crippen LogP contribution < -0.4 is 10.2 Å². The van der Waals surface area contributed by atoms with Crippen molar-refractivity contribution in [3.8, 4) is 0 Å². The number of hydrogen-bond acceptors (Lipinski definition) is 4. The normalized spacial score (nSPS) is 10.9. The quantitative estimate of drug-likeness (QED) is 0.848. The predicted molar refractivity (Wildman–Crippen MR) is 87.2 cm³/mol. The first-order chi connectivity index (χ1) is 10.2. The van der Waals surface area contributed by atoms with Gasteiger partial charge < -0.3 is 10.2 Å². The van der Waals surface area contributed by atoms with Gasteiger partial charge in [0.2, 0.25) is 0 Å². The van der Waals surface area contributed by atoms with Crippen LogP contribution in [-0.2, 0) is 13.1 Å². The van der Waals surface area contributed by atoms with Gasteiger partial charge in [-0.3, -0.25) is 4.98 Å². The first-order valence-electron chi connectivity index (χ1n) is 7.52. The maximum atomic E-state index is 4.76. The highest BCUT2D eigenvalue weighted by atomic mass is 15.2. The standard InChI is InChI=1S/C17H24N4/c1-4-21(13-15-8-10-18-11-9-15)17-7-5-6-16(20-17)12-19-14(2)3/h5-11,14,19H,4,12-13H2,1-3H3. The number of aromatic nitrogens is 2. The molecule has 0 saturated carbocycles. The Balaban J connectivity index is 2.09. The molecular weight excluding hydrogens is 260 g/mol. The zero-order valence-electron chi connectivity index (χ0n) is 13.1. The molecule has 4 heteroatoms. The molecule has 2 heterocycles. The minimum atomic E-state index is 0.467. The smallest absolute Gasteiger partial charge is 0.129 e. The Labute approximate surface area is 127 Å². The summed E-state index contributed by atoms with van der Waals surface area (Å²) in [6, 6.07) is 10.8. The van der Waals surface area contributed by atoms with E-state index in [1.807, 2.05) is 24.5 Å². The molecule has 2 aromatic rings. The van der Waals surface area contributed by atoms with Crippen LogP contribution in [0.3, 0.4) is 0 Å². The predicted octanol–water partition coefficient (Wildman–Crippen LogP) is 3.00. The zero-order valence-corrected chi connectivity index (χ0v) is 13.1. The molecule has 0 saturated heterocycles. The molecule has 0 radical (unpaired) electrons. The zero-order chi connectivity index (χ0) is 15.1. The fourth-order valence-corrected chi connectivity index (χ4v) is 2.11. The van der Waals surface area contributed by atoms with E-state index in [0.717, 1.165) is 31.1 Å². The maximum absolute atomic E-state index is 4.76. The van der Waals surface area contributed by atoms with Gasteiger partial charge in [-0.05, 0) is 36.8 Å². The molecule has 21 heavy (non-hydrogen) atoms. The van der Waals surface area contributed by atoms with Gasteiger partial charge >= 0.3 is 0 Å². The van der Waals surface area contributed by atoms with Crippen molar-refractivity contribution in [1.82, 2.24) is 15.3 Å².